The van der Waals surface area contributed by atoms with Gasteiger partial charge in [0.1, 0.15) is 28.4 Å². The summed E-state index contributed by atoms with van der Waals surface area (Å²) < 4.78 is 21.4. The summed E-state index contributed by atoms with van der Waals surface area (Å²) in [7, 11) is 1.57. The molecule has 0 fully saturated rings. The number of rotatable bonds is 7. The lowest BCUT2D eigenvalue weighted by Crippen LogP contribution is -2.11. The molecule has 0 atom stereocenters. The Morgan fingerprint density at radius 1 is 1.04 bits per heavy atom. The molecule has 0 spiro atoms. The number of ether oxygens (including phenoxy) is 3. The normalized spacial score (nSPS) is 10.6. The molecule has 140 valence electrons. The van der Waals surface area contributed by atoms with Crippen molar-refractivity contribution in [2.75, 3.05) is 20.3 Å². The van der Waals surface area contributed by atoms with Gasteiger partial charge < -0.3 is 18.6 Å². The topological polar surface area (TPSA) is 75.0 Å². The summed E-state index contributed by atoms with van der Waals surface area (Å²) in [4.78, 5) is 24.5. The van der Waals surface area contributed by atoms with Gasteiger partial charge in [-0.25, -0.2) is 4.79 Å². The van der Waals surface area contributed by atoms with Crippen LogP contribution in [0.5, 0.6) is 11.5 Å². The van der Waals surface area contributed by atoms with Crippen molar-refractivity contribution in [3.63, 3.8) is 0 Å². The molecule has 6 nitrogen and oxygen atoms in total. The van der Waals surface area contributed by atoms with Crippen LogP contribution in [0.2, 0.25) is 0 Å². The van der Waals surface area contributed by atoms with Gasteiger partial charge in [0.25, 0.3) is 0 Å². The molecule has 3 rings (SSSR count). The summed E-state index contributed by atoms with van der Waals surface area (Å²) in [6, 6.07) is 11.9. The molecule has 0 saturated carbocycles. The first-order chi connectivity index (χ1) is 13.0. The molecule has 0 amide bonds. The lowest BCUT2D eigenvalue weighted by atomic mass is 10.1. The highest BCUT2D eigenvalue weighted by molar-refractivity contribution is 6.05. The van der Waals surface area contributed by atoms with Gasteiger partial charge in [-0.3, -0.25) is 4.79 Å². The molecule has 2 aromatic carbocycles. The standard InChI is InChI=1S/C21H20O6/c1-4-25-21(23)20-13(2)27-19-10-9-16(11-17(19)20)26-12-18(22)14-5-7-15(24-3)8-6-14/h5-11H,4,12H2,1-3H3. The Hall–Kier alpha value is -3.28. The van der Waals surface area contributed by atoms with E-state index in [2.05, 4.69) is 0 Å². The largest absolute Gasteiger partial charge is 0.497 e. The maximum Gasteiger partial charge on any atom is 0.342 e. The zero-order chi connectivity index (χ0) is 19.4. The van der Waals surface area contributed by atoms with Crippen molar-refractivity contribution in [2.24, 2.45) is 0 Å². The van der Waals surface area contributed by atoms with Crippen LogP contribution in [0.3, 0.4) is 0 Å². The van der Waals surface area contributed by atoms with Crippen molar-refractivity contribution in [1.82, 2.24) is 0 Å². The number of benzene rings is 2. The summed E-state index contributed by atoms with van der Waals surface area (Å²) in [6.45, 7) is 3.61. The summed E-state index contributed by atoms with van der Waals surface area (Å²) in [6.07, 6.45) is 0. The quantitative estimate of drug-likeness (QED) is 0.460. The van der Waals surface area contributed by atoms with Crippen LogP contribution >= 0.6 is 0 Å². The van der Waals surface area contributed by atoms with E-state index >= 15 is 0 Å². The summed E-state index contributed by atoms with van der Waals surface area (Å²) in [5.74, 6) is 1.03. The van der Waals surface area contributed by atoms with Gasteiger partial charge in [0, 0.05) is 10.9 Å². The first-order valence-electron chi connectivity index (χ1n) is 8.53. The molecule has 0 aliphatic carbocycles. The Morgan fingerprint density at radius 3 is 2.41 bits per heavy atom. The first-order valence-corrected chi connectivity index (χ1v) is 8.53. The molecule has 0 unspecified atom stereocenters. The van der Waals surface area contributed by atoms with Crippen molar-refractivity contribution in [2.45, 2.75) is 13.8 Å². The number of esters is 1. The Morgan fingerprint density at radius 2 is 1.74 bits per heavy atom. The Labute approximate surface area is 156 Å². The van der Waals surface area contributed by atoms with Gasteiger partial charge in [-0.05, 0) is 56.3 Å². The van der Waals surface area contributed by atoms with E-state index in [9.17, 15) is 9.59 Å². The molecule has 0 aliphatic rings. The molecular formula is C21H20O6. The van der Waals surface area contributed by atoms with Gasteiger partial charge in [0.15, 0.2) is 12.4 Å². The molecule has 0 saturated heterocycles. The Kier molecular flexibility index (Phi) is 5.45. The molecule has 27 heavy (non-hydrogen) atoms. The van der Waals surface area contributed by atoms with E-state index < -0.39 is 5.97 Å². The molecule has 0 aliphatic heterocycles. The Bertz CT molecular complexity index is 968. The average molecular weight is 368 g/mol. The third-order valence-corrected chi connectivity index (χ3v) is 4.10. The second kappa shape index (κ2) is 7.95. The van der Waals surface area contributed by atoms with Crippen LogP contribution in [0.4, 0.5) is 0 Å². The predicted octanol–water partition coefficient (Wildman–Crippen LogP) is 4.19. The van der Waals surface area contributed by atoms with Crippen LogP contribution in [-0.4, -0.2) is 32.1 Å². The zero-order valence-electron chi connectivity index (χ0n) is 15.4. The fourth-order valence-electron chi connectivity index (χ4n) is 2.75. The SMILES string of the molecule is CCOC(=O)c1c(C)oc2ccc(OCC(=O)c3ccc(OC)cc3)cc12. The van der Waals surface area contributed by atoms with E-state index in [1.54, 1.807) is 63.4 Å². The lowest BCUT2D eigenvalue weighted by Gasteiger charge is -2.07. The molecule has 1 aromatic heterocycles. The van der Waals surface area contributed by atoms with Crippen LogP contribution in [0.25, 0.3) is 11.0 Å². The van der Waals surface area contributed by atoms with Gasteiger partial charge in [-0.2, -0.15) is 0 Å². The molecule has 3 aromatic rings. The number of hydrogen-bond donors (Lipinski definition) is 0. The third kappa shape index (κ3) is 3.95. The molecule has 0 radical (unpaired) electrons. The van der Waals surface area contributed by atoms with Gasteiger partial charge in [-0.1, -0.05) is 0 Å². The minimum absolute atomic E-state index is 0.122. The number of aryl methyl sites for hydroxylation is 1. The van der Waals surface area contributed by atoms with E-state index in [4.69, 9.17) is 18.6 Å². The maximum absolute atomic E-state index is 12.3. The third-order valence-electron chi connectivity index (χ3n) is 4.10. The van der Waals surface area contributed by atoms with Crippen molar-refractivity contribution >= 4 is 22.7 Å². The van der Waals surface area contributed by atoms with Crippen LogP contribution < -0.4 is 9.47 Å². The fourth-order valence-corrected chi connectivity index (χ4v) is 2.75. The van der Waals surface area contributed by atoms with Crippen LogP contribution in [0.15, 0.2) is 46.9 Å². The van der Waals surface area contributed by atoms with Crippen LogP contribution in [0, 0.1) is 6.92 Å². The summed E-state index contributed by atoms with van der Waals surface area (Å²) in [5.41, 5.74) is 1.46. The van der Waals surface area contributed by atoms with Gasteiger partial charge in [0.05, 0.1) is 13.7 Å². The van der Waals surface area contributed by atoms with Crippen LogP contribution in [-0.2, 0) is 4.74 Å². The first kappa shape index (κ1) is 18.5. The van der Waals surface area contributed by atoms with Gasteiger partial charge in [0.2, 0.25) is 0 Å². The number of hydrogen-bond acceptors (Lipinski definition) is 6. The summed E-state index contributed by atoms with van der Waals surface area (Å²) >= 11 is 0. The smallest absolute Gasteiger partial charge is 0.342 e. The highest BCUT2D eigenvalue weighted by Gasteiger charge is 2.20. The minimum atomic E-state index is -0.444. The number of Topliss-reactive ketones (excluding diaryl/α,β-unsaturated/α-hetero) is 1. The molecule has 0 bridgehead atoms. The number of carbonyl (C=O) groups is 2. The second-order valence-corrected chi connectivity index (χ2v) is 5.85. The van der Waals surface area contributed by atoms with Crippen molar-refractivity contribution < 1.29 is 28.2 Å². The van der Waals surface area contributed by atoms with Gasteiger partial charge in [-0.15, -0.1) is 0 Å². The average Bonchev–Trinajstić information content (AvgIpc) is 3.01. The molecule has 1 heterocycles. The van der Waals surface area contributed by atoms with Crippen molar-refractivity contribution in [1.29, 1.82) is 0 Å². The monoisotopic (exact) mass is 368 g/mol. The maximum atomic E-state index is 12.3. The fraction of sp³-hybridized carbons (Fsp3) is 0.238. The van der Waals surface area contributed by atoms with Crippen molar-refractivity contribution in [3.05, 3.63) is 59.4 Å². The molecule has 6 heteroatoms. The minimum Gasteiger partial charge on any atom is -0.497 e. The van der Waals surface area contributed by atoms with E-state index in [-0.39, 0.29) is 19.0 Å². The Balaban J connectivity index is 1.77. The van der Waals surface area contributed by atoms with E-state index in [0.29, 0.717) is 39.4 Å². The number of carbonyl (C=O) groups excluding carboxylic acids is 2. The number of ketones is 1. The number of methoxy groups -OCH3 is 1. The predicted molar refractivity (Wildman–Crippen MR) is 99.7 cm³/mol. The number of fused-ring (bicyclic) bond motifs is 1. The number of furan rings is 1. The zero-order valence-corrected chi connectivity index (χ0v) is 15.4. The van der Waals surface area contributed by atoms with Crippen molar-refractivity contribution in [3.8, 4) is 11.5 Å². The van der Waals surface area contributed by atoms with Gasteiger partial charge >= 0.3 is 5.97 Å². The molecular weight excluding hydrogens is 348 g/mol. The van der Waals surface area contributed by atoms with E-state index in [1.807, 2.05) is 0 Å². The van der Waals surface area contributed by atoms with E-state index in [1.165, 1.54) is 0 Å². The van der Waals surface area contributed by atoms with Crippen LogP contribution in [0.1, 0.15) is 33.4 Å². The lowest BCUT2D eigenvalue weighted by molar-refractivity contribution is 0.0526. The highest BCUT2D eigenvalue weighted by Crippen LogP contribution is 2.29. The van der Waals surface area contributed by atoms with E-state index in [0.717, 1.165) is 0 Å². The summed E-state index contributed by atoms with van der Waals surface area (Å²) in [5, 5.41) is 0.598. The molecule has 0 N–H and O–H groups in total. The highest BCUT2D eigenvalue weighted by atomic mass is 16.5. The second-order valence-electron chi connectivity index (χ2n) is 5.85.